The van der Waals surface area contributed by atoms with E-state index in [1.54, 1.807) is 42.5 Å². The van der Waals surface area contributed by atoms with E-state index in [0.717, 1.165) is 14.3 Å². The summed E-state index contributed by atoms with van der Waals surface area (Å²) in [4.78, 5) is 12.2. The zero-order valence-corrected chi connectivity index (χ0v) is 20.1. The van der Waals surface area contributed by atoms with Crippen LogP contribution in [0.25, 0.3) is 0 Å². The Labute approximate surface area is 200 Å². The van der Waals surface area contributed by atoms with Crippen molar-refractivity contribution in [3.05, 3.63) is 111 Å². The number of nitrogens with zero attached hydrogens (tertiary/aromatic N) is 1. The topological polar surface area (TPSA) is 74.7 Å². The zero-order valence-electron chi connectivity index (χ0n) is 17.7. The average molecular weight is 530 g/mol. The van der Waals surface area contributed by atoms with Crippen molar-refractivity contribution in [1.82, 2.24) is 4.31 Å². The van der Waals surface area contributed by atoms with Crippen molar-refractivity contribution in [2.75, 3.05) is 0 Å². The monoisotopic (exact) mass is 529 g/mol. The molecule has 33 heavy (non-hydrogen) atoms. The van der Waals surface area contributed by atoms with Crippen LogP contribution in [-0.4, -0.2) is 23.8 Å². The first-order valence-corrected chi connectivity index (χ1v) is 12.5. The van der Waals surface area contributed by atoms with Crippen LogP contribution in [0.3, 0.4) is 0 Å². The van der Waals surface area contributed by atoms with Gasteiger partial charge in [-0.2, -0.15) is 4.31 Å². The van der Waals surface area contributed by atoms with Crippen LogP contribution in [0.5, 0.6) is 0 Å². The summed E-state index contributed by atoms with van der Waals surface area (Å²) in [5.41, 5.74) is 1.48. The van der Waals surface area contributed by atoms with Crippen LogP contribution in [0, 0.1) is 12.7 Å². The van der Waals surface area contributed by atoms with Gasteiger partial charge in [-0.1, -0.05) is 70.0 Å². The van der Waals surface area contributed by atoms with Crippen LogP contribution in [0.4, 0.5) is 4.39 Å². The number of carbonyl (C=O) groups is 1. The Morgan fingerprint density at radius 2 is 1.67 bits per heavy atom. The number of aliphatic carboxylic acids is 1. The lowest BCUT2D eigenvalue weighted by molar-refractivity contribution is -0.133. The number of aryl methyl sites for hydroxylation is 1. The van der Waals surface area contributed by atoms with Crippen molar-refractivity contribution < 1.29 is 22.7 Å². The van der Waals surface area contributed by atoms with Gasteiger partial charge in [0.05, 0.1) is 22.6 Å². The molecule has 0 saturated carbocycles. The zero-order chi connectivity index (χ0) is 23.8. The second-order valence-corrected chi connectivity index (χ2v) is 10.6. The summed E-state index contributed by atoms with van der Waals surface area (Å²) in [5.74, 6) is -1.77. The maximum Gasteiger partial charge on any atom is 0.333 e. The summed E-state index contributed by atoms with van der Waals surface area (Å²) in [7, 11) is -4.22. The number of sulfonamides is 1. The van der Waals surface area contributed by atoms with E-state index in [4.69, 9.17) is 0 Å². The maximum absolute atomic E-state index is 14.9. The molecule has 4 rings (SSSR count). The van der Waals surface area contributed by atoms with Gasteiger partial charge in [0.15, 0.2) is 0 Å². The van der Waals surface area contributed by atoms with Crippen LogP contribution in [0.1, 0.15) is 35.2 Å². The SMILES string of the molecule is Cc1ccc(S(=O)(=O)N2[C@@H](c3ccc(Br)cc3)C(C(=O)O)=CC[C@H]2c2ccccc2F)cc1. The number of benzene rings is 3. The van der Waals surface area contributed by atoms with Gasteiger partial charge in [0, 0.05) is 10.0 Å². The fraction of sp³-hybridized carbons (Fsp3) is 0.160. The van der Waals surface area contributed by atoms with Gasteiger partial charge in [-0.3, -0.25) is 0 Å². The Bertz CT molecular complexity index is 1320. The molecule has 0 saturated heterocycles. The Hall–Kier alpha value is -2.81. The van der Waals surface area contributed by atoms with Crippen LogP contribution < -0.4 is 0 Å². The minimum absolute atomic E-state index is 0.0168. The van der Waals surface area contributed by atoms with Crippen LogP contribution in [-0.2, 0) is 14.8 Å². The first-order valence-electron chi connectivity index (χ1n) is 10.2. The van der Waals surface area contributed by atoms with E-state index in [2.05, 4.69) is 15.9 Å². The molecule has 1 N–H and O–H groups in total. The molecule has 1 aliphatic heterocycles. The van der Waals surface area contributed by atoms with E-state index in [1.165, 1.54) is 36.4 Å². The van der Waals surface area contributed by atoms with Gasteiger partial charge in [0.2, 0.25) is 10.0 Å². The molecule has 3 aromatic carbocycles. The van der Waals surface area contributed by atoms with E-state index in [-0.39, 0.29) is 22.5 Å². The molecular formula is C25H21BrFNO4S. The second kappa shape index (κ2) is 9.21. The quantitative estimate of drug-likeness (QED) is 0.454. The van der Waals surface area contributed by atoms with E-state index in [0.29, 0.717) is 5.56 Å². The van der Waals surface area contributed by atoms with Gasteiger partial charge in [0.25, 0.3) is 0 Å². The molecule has 0 aromatic heterocycles. The van der Waals surface area contributed by atoms with Crippen LogP contribution in [0.15, 0.2) is 93.8 Å². The third kappa shape index (κ3) is 4.51. The maximum atomic E-state index is 14.9. The van der Waals surface area contributed by atoms with E-state index >= 15 is 0 Å². The summed E-state index contributed by atoms with van der Waals surface area (Å²) in [5, 5.41) is 9.95. The van der Waals surface area contributed by atoms with E-state index < -0.39 is 33.9 Å². The highest BCUT2D eigenvalue weighted by Gasteiger charge is 2.45. The Balaban J connectivity index is 1.98. The van der Waals surface area contributed by atoms with Crippen molar-refractivity contribution >= 4 is 31.9 Å². The molecule has 0 radical (unpaired) electrons. The number of hydrogen-bond acceptors (Lipinski definition) is 3. The number of carboxylic acid groups (broad SMARTS) is 1. The molecule has 0 bridgehead atoms. The molecule has 0 aliphatic carbocycles. The van der Waals surface area contributed by atoms with Crippen molar-refractivity contribution in [2.24, 2.45) is 0 Å². The highest BCUT2D eigenvalue weighted by Crippen LogP contribution is 2.46. The molecule has 1 aliphatic rings. The lowest BCUT2D eigenvalue weighted by Crippen LogP contribution is -2.42. The summed E-state index contributed by atoms with van der Waals surface area (Å²) in [6.07, 6.45) is 1.52. The molecule has 0 unspecified atom stereocenters. The van der Waals surface area contributed by atoms with Gasteiger partial charge >= 0.3 is 5.97 Å². The third-order valence-electron chi connectivity index (χ3n) is 5.71. The molecule has 0 fully saturated rings. The van der Waals surface area contributed by atoms with Gasteiger partial charge in [-0.15, -0.1) is 0 Å². The number of hydrogen-bond donors (Lipinski definition) is 1. The minimum Gasteiger partial charge on any atom is -0.478 e. The Morgan fingerprint density at radius 3 is 2.27 bits per heavy atom. The largest absolute Gasteiger partial charge is 0.478 e. The van der Waals surface area contributed by atoms with Crippen molar-refractivity contribution in [1.29, 1.82) is 0 Å². The third-order valence-corrected chi connectivity index (χ3v) is 8.13. The van der Waals surface area contributed by atoms with Gasteiger partial charge < -0.3 is 5.11 Å². The second-order valence-electron chi connectivity index (χ2n) is 7.84. The lowest BCUT2D eigenvalue weighted by atomic mass is 9.89. The fourth-order valence-electron chi connectivity index (χ4n) is 4.09. The smallest absolute Gasteiger partial charge is 0.333 e. The van der Waals surface area contributed by atoms with E-state index in [1.807, 2.05) is 6.92 Å². The molecule has 5 nitrogen and oxygen atoms in total. The van der Waals surface area contributed by atoms with Crippen molar-refractivity contribution in [3.63, 3.8) is 0 Å². The van der Waals surface area contributed by atoms with Gasteiger partial charge in [0.1, 0.15) is 5.82 Å². The van der Waals surface area contributed by atoms with Crippen LogP contribution >= 0.6 is 15.9 Å². The van der Waals surface area contributed by atoms with Crippen molar-refractivity contribution in [2.45, 2.75) is 30.3 Å². The molecule has 170 valence electrons. The number of rotatable bonds is 5. The fourth-order valence-corrected chi connectivity index (χ4v) is 6.13. The van der Waals surface area contributed by atoms with Crippen molar-refractivity contribution in [3.8, 4) is 0 Å². The summed E-state index contributed by atoms with van der Waals surface area (Å²) in [6, 6.07) is 17.0. The highest BCUT2D eigenvalue weighted by molar-refractivity contribution is 9.10. The molecule has 0 amide bonds. The molecule has 0 spiro atoms. The molecule has 1 heterocycles. The molecular weight excluding hydrogens is 509 g/mol. The predicted octanol–water partition coefficient (Wildman–Crippen LogP) is 5.78. The summed E-state index contributed by atoms with van der Waals surface area (Å²) < 4.78 is 44.7. The molecule has 2 atom stereocenters. The van der Waals surface area contributed by atoms with Gasteiger partial charge in [-0.25, -0.2) is 17.6 Å². The standard InChI is InChI=1S/C25H21BrFNO4S/c1-16-6-12-19(13-7-16)33(31,32)28-23(20-4-2-3-5-22(20)27)15-14-21(25(29)30)24(28)17-8-10-18(26)11-9-17/h2-14,23-24H,15H2,1H3,(H,29,30)/t23-,24-/m0/s1. The Morgan fingerprint density at radius 1 is 1.03 bits per heavy atom. The number of carboxylic acids is 1. The highest BCUT2D eigenvalue weighted by atomic mass is 79.9. The van der Waals surface area contributed by atoms with Crippen LogP contribution in [0.2, 0.25) is 0 Å². The number of halogens is 2. The lowest BCUT2D eigenvalue weighted by Gasteiger charge is -2.40. The predicted molar refractivity (Wildman–Crippen MR) is 127 cm³/mol. The molecule has 3 aromatic rings. The van der Waals surface area contributed by atoms with E-state index in [9.17, 15) is 22.7 Å². The normalized spacial score (nSPS) is 19.2. The average Bonchev–Trinajstić information content (AvgIpc) is 2.79. The summed E-state index contributed by atoms with van der Waals surface area (Å²) in [6.45, 7) is 1.84. The first-order chi connectivity index (χ1) is 15.7. The van der Waals surface area contributed by atoms with Gasteiger partial charge in [-0.05, 0) is 49.2 Å². The first kappa shape index (κ1) is 23.4. The Kier molecular flexibility index (Phi) is 6.52. The molecule has 8 heteroatoms. The minimum atomic E-state index is -4.22. The summed E-state index contributed by atoms with van der Waals surface area (Å²) >= 11 is 3.36.